The van der Waals surface area contributed by atoms with E-state index in [1.807, 2.05) is 35.2 Å². The maximum Gasteiger partial charge on any atom is 0.134 e. The van der Waals surface area contributed by atoms with Gasteiger partial charge in [0.2, 0.25) is 0 Å². The molecule has 5 heteroatoms. The molecular weight excluding hydrogens is 286 g/mol. The Morgan fingerprint density at radius 2 is 1.30 bits per heavy atom. The summed E-state index contributed by atoms with van der Waals surface area (Å²) >= 11 is 0. The van der Waals surface area contributed by atoms with E-state index in [4.69, 9.17) is 0 Å². The predicted molar refractivity (Wildman–Crippen MR) is 90.9 cm³/mol. The van der Waals surface area contributed by atoms with Gasteiger partial charge in [-0.1, -0.05) is 42.5 Å². The molecule has 112 valence electrons. The molecule has 0 saturated carbocycles. The van der Waals surface area contributed by atoms with Crippen molar-refractivity contribution in [2.45, 2.75) is 0 Å². The Balaban J connectivity index is 1.81. The predicted octanol–water partition coefficient (Wildman–Crippen LogP) is 4.27. The molecule has 4 rings (SSSR count). The largest absolute Gasteiger partial charge is 0.280 e. The number of nitrogens with zero attached hydrogens (tertiary/aromatic N) is 3. The van der Waals surface area contributed by atoms with E-state index in [-0.39, 0.29) is 0 Å². The summed E-state index contributed by atoms with van der Waals surface area (Å²) in [5, 5.41) is 14.1. The van der Waals surface area contributed by atoms with Gasteiger partial charge in [0, 0.05) is 17.8 Å². The highest BCUT2D eigenvalue weighted by Crippen LogP contribution is 2.33. The zero-order chi connectivity index (χ0) is 15.5. The van der Waals surface area contributed by atoms with Crippen LogP contribution in [0.1, 0.15) is 0 Å². The molecule has 5 nitrogen and oxygen atoms in total. The number of nitrogens with one attached hydrogen (secondary N) is 2. The lowest BCUT2D eigenvalue weighted by Gasteiger charge is -2.21. The number of hydrogen-bond donors (Lipinski definition) is 2. The van der Waals surface area contributed by atoms with Crippen LogP contribution in [0, 0.1) is 0 Å². The summed E-state index contributed by atoms with van der Waals surface area (Å²) in [5.41, 5.74) is 3.37. The summed E-state index contributed by atoms with van der Waals surface area (Å²) in [6.07, 6.45) is 3.47. The van der Waals surface area contributed by atoms with E-state index in [2.05, 4.69) is 56.8 Å². The van der Waals surface area contributed by atoms with E-state index < -0.39 is 0 Å². The minimum Gasteiger partial charge on any atom is -0.280 e. The van der Waals surface area contributed by atoms with Gasteiger partial charge in [-0.25, -0.2) is 0 Å². The monoisotopic (exact) mass is 301 g/mol. The molecule has 0 amide bonds. The van der Waals surface area contributed by atoms with Crippen LogP contribution >= 0.6 is 0 Å². The third kappa shape index (κ3) is 2.60. The fraction of sp³-hybridized carbons (Fsp3) is 0. The molecule has 0 bridgehead atoms. The molecule has 23 heavy (non-hydrogen) atoms. The molecule has 2 aromatic carbocycles. The van der Waals surface area contributed by atoms with Crippen LogP contribution in [0.25, 0.3) is 11.1 Å². The summed E-state index contributed by atoms with van der Waals surface area (Å²) in [5.74, 6) is 1.75. The van der Waals surface area contributed by atoms with E-state index in [0.717, 1.165) is 22.9 Å². The van der Waals surface area contributed by atoms with Crippen LogP contribution in [0.5, 0.6) is 0 Å². The zero-order valence-electron chi connectivity index (χ0n) is 12.3. The molecule has 0 spiro atoms. The Bertz CT molecular complexity index is 833. The molecule has 2 heterocycles. The lowest BCUT2D eigenvalue weighted by atomic mass is 10.0. The van der Waals surface area contributed by atoms with Gasteiger partial charge in [0.15, 0.2) is 0 Å². The molecule has 0 aliphatic heterocycles. The Kier molecular flexibility index (Phi) is 3.37. The minimum absolute atomic E-state index is 0.875. The highest BCUT2D eigenvalue weighted by Gasteiger charge is 2.15. The first-order valence-corrected chi connectivity index (χ1v) is 7.36. The molecule has 0 saturated heterocycles. The van der Waals surface area contributed by atoms with Crippen LogP contribution in [0.3, 0.4) is 0 Å². The van der Waals surface area contributed by atoms with Crippen LogP contribution in [0.2, 0.25) is 0 Å². The second kappa shape index (κ2) is 5.81. The number of H-pyrrole nitrogens is 2. The lowest BCUT2D eigenvalue weighted by Crippen LogP contribution is -2.11. The van der Waals surface area contributed by atoms with Crippen molar-refractivity contribution in [3.05, 3.63) is 79.1 Å². The number of anilines is 3. The normalized spacial score (nSPS) is 10.6. The van der Waals surface area contributed by atoms with E-state index in [9.17, 15) is 0 Å². The van der Waals surface area contributed by atoms with Crippen LogP contribution in [-0.4, -0.2) is 20.4 Å². The van der Waals surface area contributed by atoms with Gasteiger partial charge < -0.3 is 0 Å². The molecule has 0 atom stereocenters. The van der Waals surface area contributed by atoms with Crippen molar-refractivity contribution in [2.24, 2.45) is 0 Å². The average Bonchev–Trinajstić information content (AvgIpc) is 3.31. The number of rotatable bonds is 4. The molecule has 0 aliphatic carbocycles. The molecule has 0 aliphatic rings. The third-order valence-electron chi connectivity index (χ3n) is 3.67. The number of aromatic nitrogens is 4. The highest BCUT2D eigenvalue weighted by atomic mass is 15.3. The zero-order valence-corrected chi connectivity index (χ0v) is 12.3. The standard InChI is InChI=1S/C18H15N5/c1-2-5-14(6-3-1)15-7-4-8-16(13-15)23(17-9-11-19-21-17)18-10-12-20-22-18/h1-13H,(H,19,21)(H,20,22). The maximum atomic E-state index is 4.06. The Morgan fingerprint density at radius 1 is 0.652 bits per heavy atom. The molecule has 0 fully saturated rings. The Morgan fingerprint density at radius 3 is 1.91 bits per heavy atom. The smallest absolute Gasteiger partial charge is 0.134 e. The maximum absolute atomic E-state index is 4.06. The van der Waals surface area contributed by atoms with Gasteiger partial charge in [-0.15, -0.1) is 0 Å². The molecule has 0 unspecified atom stereocenters. The van der Waals surface area contributed by atoms with Crippen molar-refractivity contribution in [3.8, 4) is 11.1 Å². The molecule has 2 N–H and O–H groups in total. The number of aromatic amines is 2. The van der Waals surface area contributed by atoms with Gasteiger partial charge in [-0.2, -0.15) is 10.2 Å². The summed E-state index contributed by atoms with van der Waals surface area (Å²) in [6, 6.07) is 22.6. The van der Waals surface area contributed by atoms with Crippen molar-refractivity contribution in [2.75, 3.05) is 4.90 Å². The Hall–Kier alpha value is -3.34. The van der Waals surface area contributed by atoms with Crippen molar-refractivity contribution in [1.29, 1.82) is 0 Å². The van der Waals surface area contributed by atoms with E-state index in [0.29, 0.717) is 0 Å². The van der Waals surface area contributed by atoms with E-state index in [1.165, 1.54) is 5.56 Å². The van der Waals surface area contributed by atoms with Gasteiger partial charge in [0.05, 0.1) is 12.4 Å². The quantitative estimate of drug-likeness (QED) is 0.592. The topological polar surface area (TPSA) is 60.6 Å². The fourth-order valence-electron chi connectivity index (χ4n) is 2.61. The second-order valence-electron chi connectivity index (χ2n) is 5.14. The van der Waals surface area contributed by atoms with Crippen molar-refractivity contribution in [3.63, 3.8) is 0 Å². The molecule has 0 radical (unpaired) electrons. The third-order valence-corrected chi connectivity index (χ3v) is 3.67. The van der Waals surface area contributed by atoms with Gasteiger partial charge in [-0.3, -0.25) is 15.1 Å². The SMILES string of the molecule is c1ccc(-c2cccc(N(c3ccn[nH]3)c3ccn[nH]3)c2)cc1. The van der Waals surface area contributed by atoms with Crippen molar-refractivity contribution < 1.29 is 0 Å². The van der Waals surface area contributed by atoms with Crippen molar-refractivity contribution in [1.82, 2.24) is 20.4 Å². The lowest BCUT2D eigenvalue weighted by molar-refractivity contribution is 1.02. The number of benzene rings is 2. The summed E-state index contributed by atoms with van der Waals surface area (Å²) in [6.45, 7) is 0. The molecular formula is C18H15N5. The van der Waals surface area contributed by atoms with Gasteiger partial charge >= 0.3 is 0 Å². The molecule has 4 aromatic rings. The van der Waals surface area contributed by atoms with Crippen LogP contribution in [0.4, 0.5) is 17.3 Å². The van der Waals surface area contributed by atoms with Crippen molar-refractivity contribution >= 4 is 17.3 Å². The van der Waals surface area contributed by atoms with E-state index in [1.54, 1.807) is 12.4 Å². The Labute approximate surface area is 133 Å². The van der Waals surface area contributed by atoms with Crippen LogP contribution < -0.4 is 4.90 Å². The fourth-order valence-corrected chi connectivity index (χ4v) is 2.61. The molecule has 2 aromatic heterocycles. The summed E-state index contributed by atoms with van der Waals surface area (Å²) in [7, 11) is 0. The first-order valence-electron chi connectivity index (χ1n) is 7.36. The van der Waals surface area contributed by atoms with Gasteiger partial charge in [0.1, 0.15) is 11.6 Å². The first-order chi connectivity index (χ1) is 11.4. The summed E-state index contributed by atoms with van der Waals surface area (Å²) in [4.78, 5) is 2.05. The van der Waals surface area contributed by atoms with Gasteiger partial charge in [0.25, 0.3) is 0 Å². The van der Waals surface area contributed by atoms with Gasteiger partial charge in [-0.05, 0) is 23.3 Å². The summed E-state index contributed by atoms with van der Waals surface area (Å²) < 4.78 is 0. The highest BCUT2D eigenvalue weighted by molar-refractivity contribution is 5.76. The minimum atomic E-state index is 0.875. The first kappa shape index (κ1) is 13.3. The average molecular weight is 301 g/mol. The second-order valence-corrected chi connectivity index (χ2v) is 5.14. The van der Waals surface area contributed by atoms with Crippen LogP contribution in [0.15, 0.2) is 79.1 Å². The van der Waals surface area contributed by atoms with E-state index >= 15 is 0 Å². The van der Waals surface area contributed by atoms with Crippen LogP contribution in [-0.2, 0) is 0 Å². The number of hydrogen-bond acceptors (Lipinski definition) is 3.